The maximum Gasteiger partial charge on any atom is 0.303 e. The molecule has 210 valence electrons. The van der Waals surface area contributed by atoms with E-state index in [9.17, 15) is 29.4 Å². The van der Waals surface area contributed by atoms with Crippen molar-refractivity contribution in [3.8, 4) is 5.75 Å². The van der Waals surface area contributed by atoms with Crippen LogP contribution in [-0.4, -0.2) is 65.1 Å². The van der Waals surface area contributed by atoms with Gasteiger partial charge in [-0.1, -0.05) is 30.3 Å². The Balaban J connectivity index is 2.11. The van der Waals surface area contributed by atoms with Gasteiger partial charge in [0.05, 0.1) is 6.61 Å². The number of phenols is 1. The topological polar surface area (TPSA) is 155 Å². The second-order valence-corrected chi connectivity index (χ2v) is 9.15. The fourth-order valence-corrected chi connectivity index (χ4v) is 4.49. The molecule has 0 spiro atoms. The van der Waals surface area contributed by atoms with E-state index in [1.807, 2.05) is 6.07 Å². The molecule has 0 amide bonds. The molecule has 1 aliphatic rings. The molecule has 1 aliphatic heterocycles. The molecule has 0 aromatic heterocycles. The smallest absolute Gasteiger partial charge is 0.303 e. The highest BCUT2D eigenvalue weighted by atomic mass is 16.7. The van der Waals surface area contributed by atoms with Gasteiger partial charge in [-0.05, 0) is 40.8 Å². The van der Waals surface area contributed by atoms with Gasteiger partial charge in [-0.2, -0.15) is 0 Å². The van der Waals surface area contributed by atoms with E-state index >= 15 is 0 Å². The summed E-state index contributed by atoms with van der Waals surface area (Å²) in [6.45, 7) is 3.93. The van der Waals surface area contributed by atoms with Crippen molar-refractivity contribution in [1.82, 2.24) is 0 Å². The maximum absolute atomic E-state index is 12.2. The van der Waals surface area contributed by atoms with Gasteiger partial charge in [0.2, 0.25) is 0 Å². The van der Waals surface area contributed by atoms with E-state index in [0.29, 0.717) is 17.5 Å². The number of aromatic hydroxyl groups is 1. The monoisotopic (exact) mass is 544 g/mol. The third-order valence-corrected chi connectivity index (χ3v) is 6.02. The molecular weight excluding hydrogens is 512 g/mol. The minimum absolute atomic E-state index is 0.132. The SMILES string of the molecule is CC(=O)OC[C@H]1O[C@@H](c2cc(Cc3ccc(O)cc3)ccc2CO)[C@H](OC(C)=O)[C@@H](OC(C)=O)[C@@H]1OC(C)=O. The molecule has 11 heteroatoms. The lowest BCUT2D eigenvalue weighted by Crippen LogP contribution is -2.59. The number of ether oxygens (including phenoxy) is 5. The molecule has 1 fully saturated rings. The molecular formula is C28H32O11. The lowest BCUT2D eigenvalue weighted by molar-refractivity contribution is -0.254. The van der Waals surface area contributed by atoms with Crippen LogP contribution >= 0.6 is 0 Å². The Morgan fingerprint density at radius 1 is 0.769 bits per heavy atom. The summed E-state index contributed by atoms with van der Waals surface area (Å²) in [6, 6.07) is 11.9. The number of phenolic OH excluding ortho intramolecular Hbond substituents is 1. The average molecular weight is 545 g/mol. The van der Waals surface area contributed by atoms with Crippen LogP contribution in [0.25, 0.3) is 0 Å². The first kappa shape index (κ1) is 29.6. The Kier molecular flexibility index (Phi) is 10.0. The lowest BCUT2D eigenvalue weighted by Gasteiger charge is -2.45. The summed E-state index contributed by atoms with van der Waals surface area (Å²) >= 11 is 0. The van der Waals surface area contributed by atoms with Crippen LogP contribution in [0.5, 0.6) is 5.75 Å². The molecule has 2 N–H and O–H groups in total. The van der Waals surface area contributed by atoms with Crippen molar-refractivity contribution in [2.24, 2.45) is 0 Å². The Morgan fingerprint density at radius 3 is 1.90 bits per heavy atom. The summed E-state index contributed by atoms with van der Waals surface area (Å²) in [7, 11) is 0. The number of hydrogen-bond donors (Lipinski definition) is 2. The summed E-state index contributed by atoms with van der Waals surface area (Å²) in [5, 5.41) is 19.7. The standard InChI is InChI=1S/C28H32O11/c1-15(30)35-14-24-26(36-16(2)31)28(38-18(4)33)27(37-17(3)32)25(39-24)23-12-20(5-8-21(23)13-29)11-19-6-9-22(34)10-7-19/h5-10,12,24-29,34H,11,13-14H2,1-4H3/t24-,25+,26-,27+,28+/m1/s1. The molecule has 1 heterocycles. The van der Waals surface area contributed by atoms with Gasteiger partial charge < -0.3 is 33.9 Å². The first-order chi connectivity index (χ1) is 18.5. The molecule has 2 aromatic rings. The van der Waals surface area contributed by atoms with Crippen LogP contribution in [0.1, 0.15) is 56.1 Å². The van der Waals surface area contributed by atoms with Crippen LogP contribution in [0.15, 0.2) is 42.5 Å². The number of carbonyl (C=O) groups is 4. The number of aliphatic hydroxyl groups is 1. The fourth-order valence-electron chi connectivity index (χ4n) is 4.49. The fraction of sp³-hybridized carbons (Fsp3) is 0.429. The van der Waals surface area contributed by atoms with Gasteiger partial charge in [-0.25, -0.2) is 0 Å². The molecule has 0 bridgehead atoms. The van der Waals surface area contributed by atoms with Gasteiger partial charge in [0, 0.05) is 27.7 Å². The minimum atomic E-state index is -1.32. The summed E-state index contributed by atoms with van der Waals surface area (Å²) in [4.78, 5) is 47.8. The van der Waals surface area contributed by atoms with E-state index in [1.54, 1.807) is 36.4 Å². The second kappa shape index (κ2) is 13.2. The number of carbonyl (C=O) groups excluding carboxylic acids is 4. The predicted molar refractivity (Wildman–Crippen MR) is 134 cm³/mol. The first-order valence-corrected chi connectivity index (χ1v) is 12.3. The number of rotatable bonds is 9. The van der Waals surface area contributed by atoms with Crippen LogP contribution in [0.2, 0.25) is 0 Å². The van der Waals surface area contributed by atoms with Crippen LogP contribution in [-0.2, 0) is 55.9 Å². The third kappa shape index (κ3) is 8.01. The van der Waals surface area contributed by atoms with Crippen molar-refractivity contribution in [2.75, 3.05) is 6.61 Å². The van der Waals surface area contributed by atoms with E-state index in [4.69, 9.17) is 23.7 Å². The van der Waals surface area contributed by atoms with Gasteiger partial charge in [-0.3, -0.25) is 19.2 Å². The van der Waals surface area contributed by atoms with Crippen molar-refractivity contribution >= 4 is 23.9 Å². The molecule has 11 nitrogen and oxygen atoms in total. The third-order valence-electron chi connectivity index (χ3n) is 6.02. The Morgan fingerprint density at radius 2 is 1.33 bits per heavy atom. The summed E-state index contributed by atoms with van der Waals surface area (Å²) in [6.07, 6.45) is -5.62. The van der Waals surface area contributed by atoms with Crippen molar-refractivity contribution in [3.63, 3.8) is 0 Å². The molecule has 0 aliphatic carbocycles. The Labute approximate surface area is 225 Å². The number of hydrogen-bond acceptors (Lipinski definition) is 11. The zero-order chi connectivity index (χ0) is 28.7. The van der Waals surface area contributed by atoms with Crippen LogP contribution in [0.4, 0.5) is 0 Å². The van der Waals surface area contributed by atoms with Crippen LogP contribution in [0, 0.1) is 0 Å². The molecule has 39 heavy (non-hydrogen) atoms. The second-order valence-electron chi connectivity index (χ2n) is 9.15. The largest absolute Gasteiger partial charge is 0.508 e. The molecule has 0 radical (unpaired) electrons. The number of benzene rings is 2. The highest BCUT2D eigenvalue weighted by molar-refractivity contribution is 5.69. The van der Waals surface area contributed by atoms with E-state index in [1.165, 1.54) is 13.8 Å². The maximum atomic E-state index is 12.2. The van der Waals surface area contributed by atoms with Crippen molar-refractivity contribution in [2.45, 2.75) is 71.2 Å². The molecule has 1 saturated heterocycles. The van der Waals surface area contributed by atoms with E-state index < -0.39 is 54.4 Å². The first-order valence-electron chi connectivity index (χ1n) is 12.3. The summed E-state index contributed by atoms with van der Waals surface area (Å²) < 4.78 is 27.9. The summed E-state index contributed by atoms with van der Waals surface area (Å²) in [5.41, 5.74) is 2.59. The van der Waals surface area contributed by atoms with Gasteiger partial charge in [0.25, 0.3) is 0 Å². The van der Waals surface area contributed by atoms with Crippen molar-refractivity contribution in [3.05, 3.63) is 64.7 Å². The molecule has 2 aromatic carbocycles. The zero-order valence-electron chi connectivity index (χ0n) is 22.1. The molecule has 0 saturated carbocycles. The highest BCUT2D eigenvalue weighted by Gasteiger charge is 2.52. The van der Waals surface area contributed by atoms with Crippen LogP contribution in [0.3, 0.4) is 0 Å². The predicted octanol–water partition coefficient (Wildman–Crippen LogP) is 2.27. The number of aliphatic hydroxyl groups excluding tert-OH is 1. The van der Waals surface area contributed by atoms with Crippen molar-refractivity contribution < 1.29 is 53.1 Å². The number of esters is 4. The van der Waals surface area contributed by atoms with Crippen LogP contribution < -0.4 is 0 Å². The van der Waals surface area contributed by atoms with E-state index in [0.717, 1.165) is 25.0 Å². The van der Waals surface area contributed by atoms with Gasteiger partial charge >= 0.3 is 23.9 Å². The summed E-state index contributed by atoms with van der Waals surface area (Å²) in [5.74, 6) is -2.65. The molecule has 0 unspecified atom stereocenters. The normalized spacial score (nSPS) is 22.4. The Bertz CT molecular complexity index is 1190. The van der Waals surface area contributed by atoms with E-state index in [-0.39, 0.29) is 19.0 Å². The molecule has 5 atom stereocenters. The minimum Gasteiger partial charge on any atom is -0.508 e. The average Bonchev–Trinajstić information content (AvgIpc) is 2.86. The van der Waals surface area contributed by atoms with Gasteiger partial charge in [-0.15, -0.1) is 0 Å². The van der Waals surface area contributed by atoms with Gasteiger partial charge in [0.1, 0.15) is 24.6 Å². The highest BCUT2D eigenvalue weighted by Crippen LogP contribution is 2.39. The van der Waals surface area contributed by atoms with Crippen molar-refractivity contribution in [1.29, 1.82) is 0 Å². The Hall–Kier alpha value is -3.96. The zero-order valence-corrected chi connectivity index (χ0v) is 22.1. The van der Waals surface area contributed by atoms with E-state index in [2.05, 4.69) is 0 Å². The van der Waals surface area contributed by atoms with Gasteiger partial charge in [0.15, 0.2) is 18.3 Å². The quantitative estimate of drug-likeness (QED) is 0.353. The molecule has 3 rings (SSSR count). The lowest BCUT2D eigenvalue weighted by atomic mass is 9.87.